The third-order valence-electron chi connectivity index (χ3n) is 3.07. The minimum absolute atomic E-state index is 0.0259. The molecule has 6 nitrogen and oxygen atoms in total. The molecule has 0 unspecified atom stereocenters. The lowest BCUT2D eigenvalue weighted by atomic mass is 10.1. The lowest BCUT2D eigenvalue weighted by molar-refractivity contribution is -0.121. The van der Waals surface area contributed by atoms with Crippen LogP contribution in [0.3, 0.4) is 0 Å². The van der Waals surface area contributed by atoms with Gasteiger partial charge in [0.1, 0.15) is 5.75 Å². The molecule has 1 aliphatic rings. The van der Waals surface area contributed by atoms with Crippen LogP contribution in [0.2, 0.25) is 0 Å². The Balaban J connectivity index is 1.78. The van der Waals surface area contributed by atoms with Crippen LogP contribution in [0.25, 0.3) is 0 Å². The quantitative estimate of drug-likeness (QED) is 0.666. The molecule has 6 heteroatoms. The van der Waals surface area contributed by atoms with Gasteiger partial charge >= 0.3 is 0 Å². The highest BCUT2D eigenvalue weighted by molar-refractivity contribution is 5.95. The van der Waals surface area contributed by atoms with Gasteiger partial charge in [-0.2, -0.15) is 0 Å². The Morgan fingerprint density at radius 2 is 2.15 bits per heavy atom. The number of nitrogens with one attached hydrogen (secondary N) is 2. The van der Waals surface area contributed by atoms with Gasteiger partial charge in [0.15, 0.2) is 0 Å². The summed E-state index contributed by atoms with van der Waals surface area (Å²) in [6.45, 7) is 0.309. The van der Waals surface area contributed by atoms with Gasteiger partial charge in [0, 0.05) is 24.6 Å². The van der Waals surface area contributed by atoms with Crippen molar-refractivity contribution in [2.75, 3.05) is 19.4 Å². The zero-order chi connectivity index (χ0) is 14.5. The molecule has 1 aromatic rings. The van der Waals surface area contributed by atoms with Gasteiger partial charge in [-0.15, -0.1) is 0 Å². The third-order valence-corrected chi connectivity index (χ3v) is 3.07. The number of hydrogen-bond acceptors (Lipinski definition) is 4. The molecule has 20 heavy (non-hydrogen) atoms. The van der Waals surface area contributed by atoms with Gasteiger partial charge in [0.2, 0.25) is 5.91 Å². The lowest BCUT2D eigenvalue weighted by Crippen LogP contribution is -2.31. The van der Waals surface area contributed by atoms with Crippen LogP contribution in [0.15, 0.2) is 18.2 Å². The number of carbonyl (C=O) groups is 2. The third kappa shape index (κ3) is 3.88. The van der Waals surface area contributed by atoms with Crippen LogP contribution < -0.4 is 21.1 Å². The van der Waals surface area contributed by atoms with E-state index in [1.54, 1.807) is 18.2 Å². The molecular formula is C14H19N3O3. The molecule has 0 bridgehead atoms. The molecule has 0 radical (unpaired) electrons. The molecule has 0 spiro atoms. The second-order valence-electron chi connectivity index (χ2n) is 4.80. The summed E-state index contributed by atoms with van der Waals surface area (Å²) < 4.78 is 5.03. The largest absolute Gasteiger partial charge is 0.495 e. The average Bonchev–Trinajstić information content (AvgIpc) is 3.22. The van der Waals surface area contributed by atoms with Crippen molar-refractivity contribution in [3.8, 4) is 5.75 Å². The van der Waals surface area contributed by atoms with Crippen LogP contribution in [0, 0.1) is 0 Å². The lowest BCUT2D eigenvalue weighted by Gasteiger charge is -2.08. The fourth-order valence-corrected chi connectivity index (χ4v) is 1.79. The molecule has 2 rings (SSSR count). The zero-order valence-electron chi connectivity index (χ0n) is 11.4. The number of amides is 2. The molecule has 1 fully saturated rings. The maximum absolute atomic E-state index is 11.9. The van der Waals surface area contributed by atoms with Gasteiger partial charge in [-0.3, -0.25) is 9.59 Å². The van der Waals surface area contributed by atoms with E-state index in [2.05, 4.69) is 10.6 Å². The second-order valence-corrected chi connectivity index (χ2v) is 4.80. The predicted octanol–water partition coefficient (Wildman–Crippen LogP) is 0.676. The van der Waals surface area contributed by atoms with Crippen molar-refractivity contribution in [2.45, 2.75) is 25.3 Å². The van der Waals surface area contributed by atoms with Gasteiger partial charge in [-0.05, 0) is 31.0 Å². The normalized spacial score (nSPS) is 13.7. The number of methoxy groups -OCH3 is 1. The minimum atomic E-state index is -0.251. The fraction of sp³-hybridized carbons (Fsp3) is 0.429. The Morgan fingerprint density at radius 3 is 2.75 bits per heavy atom. The fourth-order valence-electron chi connectivity index (χ4n) is 1.79. The van der Waals surface area contributed by atoms with E-state index in [1.807, 2.05) is 0 Å². The molecule has 4 N–H and O–H groups in total. The first kappa shape index (κ1) is 14.2. The van der Waals surface area contributed by atoms with Crippen LogP contribution in [-0.4, -0.2) is 31.5 Å². The SMILES string of the molecule is COc1ccc(C(=O)NCCC(=O)NC2CC2)cc1N. The van der Waals surface area contributed by atoms with Crippen molar-refractivity contribution in [3.05, 3.63) is 23.8 Å². The molecule has 108 valence electrons. The minimum Gasteiger partial charge on any atom is -0.495 e. The summed E-state index contributed by atoms with van der Waals surface area (Å²) >= 11 is 0. The van der Waals surface area contributed by atoms with Crippen molar-refractivity contribution in [1.29, 1.82) is 0 Å². The van der Waals surface area contributed by atoms with E-state index in [1.165, 1.54) is 7.11 Å². The summed E-state index contributed by atoms with van der Waals surface area (Å²) in [6, 6.07) is 5.18. The maximum atomic E-state index is 11.9. The van der Waals surface area contributed by atoms with Crippen molar-refractivity contribution in [3.63, 3.8) is 0 Å². The van der Waals surface area contributed by atoms with Gasteiger partial charge in [0.25, 0.3) is 5.91 Å². The molecule has 0 aliphatic heterocycles. The number of ether oxygens (including phenoxy) is 1. The number of rotatable bonds is 6. The summed E-state index contributed by atoms with van der Waals surface area (Å²) in [6.07, 6.45) is 2.40. The molecule has 0 heterocycles. The molecule has 1 aliphatic carbocycles. The van der Waals surface area contributed by atoms with Crippen molar-refractivity contribution in [2.24, 2.45) is 0 Å². The van der Waals surface area contributed by atoms with Crippen LogP contribution >= 0.6 is 0 Å². The van der Waals surface area contributed by atoms with Gasteiger partial charge in [0.05, 0.1) is 12.8 Å². The van der Waals surface area contributed by atoms with Crippen molar-refractivity contribution < 1.29 is 14.3 Å². The van der Waals surface area contributed by atoms with E-state index in [0.29, 0.717) is 29.6 Å². The number of anilines is 1. The van der Waals surface area contributed by atoms with Crippen LogP contribution in [0.1, 0.15) is 29.6 Å². The van der Waals surface area contributed by atoms with Crippen LogP contribution in [-0.2, 0) is 4.79 Å². The highest BCUT2D eigenvalue weighted by atomic mass is 16.5. The van der Waals surface area contributed by atoms with Gasteiger partial charge in [-0.25, -0.2) is 0 Å². The maximum Gasteiger partial charge on any atom is 0.251 e. The average molecular weight is 277 g/mol. The standard InChI is InChI=1S/C14H19N3O3/c1-20-12-5-2-9(8-11(12)15)14(19)16-7-6-13(18)17-10-3-4-10/h2,5,8,10H,3-4,6-7,15H2,1H3,(H,16,19)(H,17,18). The summed E-state index contributed by atoms with van der Waals surface area (Å²) in [5.41, 5.74) is 6.60. The van der Waals surface area contributed by atoms with Gasteiger partial charge < -0.3 is 21.1 Å². The number of carbonyl (C=O) groups excluding carboxylic acids is 2. The monoisotopic (exact) mass is 277 g/mol. The molecule has 1 aromatic carbocycles. The van der Waals surface area contributed by atoms with Gasteiger partial charge in [-0.1, -0.05) is 0 Å². The second kappa shape index (κ2) is 6.27. The van der Waals surface area contributed by atoms with Crippen molar-refractivity contribution >= 4 is 17.5 Å². The molecule has 0 saturated heterocycles. The van der Waals surface area contributed by atoms with E-state index >= 15 is 0 Å². The first-order valence-electron chi connectivity index (χ1n) is 6.61. The Hall–Kier alpha value is -2.24. The molecule has 0 aromatic heterocycles. The summed E-state index contributed by atoms with van der Waals surface area (Å²) in [7, 11) is 1.52. The molecule has 2 amide bonds. The van der Waals surface area contributed by atoms with E-state index in [4.69, 9.17) is 10.5 Å². The van der Waals surface area contributed by atoms with E-state index in [0.717, 1.165) is 12.8 Å². The smallest absolute Gasteiger partial charge is 0.251 e. The Bertz CT molecular complexity index is 512. The van der Waals surface area contributed by atoms with Crippen molar-refractivity contribution in [1.82, 2.24) is 10.6 Å². The Labute approximate surface area is 117 Å². The summed E-state index contributed by atoms with van der Waals surface area (Å²) in [4.78, 5) is 23.3. The number of nitrogen functional groups attached to an aromatic ring is 1. The topological polar surface area (TPSA) is 93.4 Å². The van der Waals surface area contributed by atoms with E-state index < -0.39 is 0 Å². The zero-order valence-corrected chi connectivity index (χ0v) is 11.4. The van der Waals surface area contributed by atoms with Crippen LogP contribution in [0.5, 0.6) is 5.75 Å². The first-order chi connectivity index (χ1) is 9.60. The van der Waals surface area contributed by atoms with E-state index in [9.17, 15) is 9.59 Å². The summed E-state index contributed by atoms with van der Waals surface area (Å²) in [5, 5.41) is 5.56. The van der Waals surface area contributed by atoms with E-state index in [-0.39, 0.29) is 18.2 Å². The Morgan fingerprint density at radius 1 is 1.40 bits per heavy atom. The highest BCUT2D eigenvalue weighted by Gasteiger charge is 2.22. The number of hydrogen-bond donors (Lipinski definition) is 3. The molecule has 0 atom stereocenters. The molecule has 1 saturated carbocycles. The number of nitrogens with two attached hydrogens (primary N) is 1. The highest BCUT2D eigenvalue weighted by Crippen LogP contribution is 2.21. The Kier molecular flexibility index (Phi) is 4.45. The summed E-state index contributed by atoms with van der Waals surface area (Å²) in [5.74, 6) is 0.256. The number of benzene rings is 1. The predicted molar refractivity (Wildman–Crippen MR) is 75.5 cm³/mol. The molecular weight excluding hydrogens is 258 g/mol. The first-order valence-corrected chi connectivity index (χ1v) is 6.61. The van der Waals surface area contributed by atoms with Crippen LogP contribution in [0.4, 0.5) is 5.69 Å².